The molecule has 0 aliphatic rings. The van der Waals surface area contributed by atoms with Crippen molar-refractivity contribution in [1.29, 1.82) is 0 Å². The van der Waals surface area contributed by atoms with Gasteiger partial charge in [0.15, 0.2) is 0 Å². The summed E-state index contributed by atoms with van der Waals surface area (Å²) < 4.78 is 0. The summed E-state index contributed by atoms with van der Waals surface area (Å²) in [6, 6.07) is 0.194. The fourth-order valence-electron chi connectivity index (χ4n) is 1.28. The van der Waals surface area contributed by atoms with Crippen molar-refractivity contribution in [2.75, 3.05) is 6.61 Å². The van der Waals surface area contributed by atoms with Gasteiger partial charge in [-0.25, -0.2) is 0 Å². The molecule has 0 amide bonds. The third kappa shape index (κ3) is 3.18. The van der Waals surface area contributed by atoms with Crippen LogP contribution in [0, 0.1) is 5.92 Å². The maximum atomic E-state index is 8.60. The van der Waals surface area contributed by atoms with E-state index in [0.29, 0.717) is 5.92 Å². The van der Waals surface area contributed by atoms with Crippen LogP contribution in [0.2, 0.25) is 0 Å². The Hall–Kier alpha value is -0.0800. The second kappa shape index (κ2) is 5.69. The zero-order chi connectivity index (χ0) is 7.98. The van der Waals surface area contributed by atoms with Gasteiger partial charge in [0.1, 0.15) is 0 Å². The molecule has 0 saturated carbocycles. The first-order chi connectivity index (χ1) is 4.76. The van der Waals surface area contributed by atoms with Gasteiger partial charge in [0.05, 0.1) is 0 Å². The molecule has 62 valence electrons. The van der Waals surface area contributed by atoms with E-state index in [4.69, 9.17) is 10.8 Å². The van der Waals surface area contributed by atoms with Gasteiger partial charge < -0.3 is 10.8 Å². The maximum Gasteiger partial charge on any atom is 0.0445 e. The summed E-state index contributed by atoms with van der Waals surface area (Å²) in [5, 5.41) is 8.60. The first-order valence-electron chi connectivity index (χ1n) is 4.12. The molecule has 0 aromatic rings. The maximum absolute atomic E-state index is 8.60. The van der Waals surface area contributed by atoms with Crippen LogP contribution in [0.4, 0.5) is 0 Å². The summed E-state index contributed by atoms with van der Waals surface area (Å²) in [6.45, 7) is 4.51. The van der Waals surface area contributed by atoms with Crippen molar-refractivity contribution in [3.8, 4) is 0 Å². The molecule has 10 heavy (non-hydrogen) atoms. The second-order valence-corrected chi connectivity index (χ2v) is 2.75. The molecular weight excluding hydrogens is 126 g/mol. The number of hydrogen-bond acceptors (Lipinski definition) is 2. The zero-order valence-corrected chi connectivity index (χ0v) is 7.01. The van der Waals surface area contributed by atoms with E-state index in [9.17, 15) is 0 Å². The predicted molar refractivity (Wildman–Crippen MR) is 43.8 cm³/mol. The van der Waals surface area contributed by atoms with E-state index in [1.807, 2.05) is 0 Å². The minimum absolute atomic E-state index is 0.194. The van der Waals surface area contributed by atoms with Gasteiger partial charge in [-0.15, -0.1) is 0 Å². The van der Waals surface area contributed by atoms with E-state index in [1.165, 1.54) is 0 Å². The lowest BCUT2D eigenvalue weighted by atomic mass is 9.93. The number of rotatable bonds is 5. The lowest BCUT2D eigenvalue weighted by Gasteiger charge is -2.19. The molecule has 1 atom stereocenters. The van der Waals surface area contributed by atoms with E-state index in [0.717, 1.165) is 19.3 Å². The summed E-state index contributed by atoms with van der Waals surface area (Å²) in [6.07, 6.45) is 2.99. The van der Waals surface area contributed by atoms with Crippen LogP contribution in [-0.2, 0) is 0 Å². The van der Waals surface area contributed by atoms with E-state index < -0.39 is 0 Å². The minimum atomic E-state index is 0.194. The Labute approximate surface area is 63.4 Å². The average Bonchev–Trinajstić information content (AvgIpc) is 1.91. The largest absolute Gasteiger partial charge is 0.396 e. The van der Waals surface area contributed by atoms with Crippen LogP contribution in [0.25, 0.3) is 0 Å². The third-order valence-electron chi connectivity index (χ3n) is 2.12. The molecule has 0 heterocycles. The standard InChI is InChI=1S/C8H19NO/c1-3-7(4-2)8(9)5-6-10/h7-8,10H,3-6,9H2,1-2H3. The van der Waals surface area contributed by atoms with Crippen molar-refractivity contribution < 1.29 is 5.11 Å². The Bertz CT molecular complexity index is 71.7. The van der Waals surface area contributed by atoms with Crippen LogP contribution in [0.15, 0.2) is 0 Å². The first kappa shape index (κ1) is 9.92. The number of hydrogen-bond donors (Lipinski definition) is 2. The van der Waals surface area contributed by atoms with Crippen LogP contribution in [0.3, 0.4) is 0 Å². The van der Waals surface area contributed by atoms with Crippen LogP contribution in [0.5, 0.6) is 0 Å². The van der Waals surface area contributed by atoms with Crippen molar-refractivity contribution in [2.24, 2.45) is 11.7 Å². The van der Waals surface area contributed by atoms with Crippen molar-refractivity contribution in [2.45, 2.75) is 39.2 Å². The summed E-state index contributed by atoms with van der Waals surface area (Å²) >= 11 is 0. The number of nitrogens with two attached hydrogens (primary N) is 1. The average molecular weight is 145 g/mol. The smallest absolute Gasteiger partial charge is 0.0445 e. The molecule has 0 aliphatic carbocycles. The van der Waals surface area contributed by atoms with E-state index in [-0.39, 0.29) is 12.6 Å². The Morgan fingerprint density at radius 1 is 1.30 bits per heavy atom. The van der Waals surface area contributed by atoms with Gasteiger partial charge in [-0.3, -0.25) is 0 Å². The molecule has 0 saturated heterocycles. The van der Waals surface area contributed by atoms with Crippen LogP contribution < -0.4 is 5.73 Å². The third-order valence-corrected chi connectivity index (χ3v) is 2.12. The highest BCUT2D eigenvalue weighted by Crippen LogP contribution is 2.12. The molecule has 0 spiro atoms. The summed E-state index contributed by atoms with van der Waals surface area (Å²) in [7, 11) is 0. The highest BCUT2D eigenvalue weighted by molar-refractivity contribution is 4.69. The van der Waals surface area contributed by atoms with E-state index in [1.54, 1.807) is 0 Å². The Morgan fingerprint density at radius 2 is 1.80 bits per heavy atom. The predicted octanol–water partition coefficient (Wildman–Crippen LogP) is 1.13. The highest BCUT2D eigenvalue weighted by Gasteiger charge is 2.12. The molecule has 0 fully saturated rings. The Kier molecular flexibility index (Phi) is 5.64. The summed E-state index contributed by atoms with van der Waals surface area (Å²) in [5.41, 5.74) is 5.79. The molecule has 2 heteroatoms. The van der Waals surface area contributed by atoms with Crippen molar-refractivity contribution in [3.05, 3.63) is 0 Å². The van der Waals surface area contributed by atoms with Gasteiger partial charge in [0.25, 0.3) is 0 Å². The second-order valence-electron chi connectivity index (χ2n) is 2.75. The fraction of sp³-hybridized carbons (Fsp3) is 1.00. The Morgan fingerprint density at radius 3 is 2.10 bits per heavy atom. The monoisotopic (exact) mass is 145 g/mol. The minimum Gasteiger partial charge on any atom is -0.396 e. The molecule has 0 aromatic carbocycles. The molecule has 0 radical (unpaired) electrons. The highest BCUT2D eigenvalue weighted by atomic mass is 16.3. The molecule has 2 nitrogen and oxygen atoms in total. The fourth-order valence-corrected chi connectivity index (χ4v) is 1.28. The molecule has 1 unspecified atom stereocenters. The van der Waals surface area contributed by atoms with Crippen LogP contribution >= 0.6 is 0 Å². The first-order valence-corrected chi connectivity index (χ1v) is 4.12. The van der Waals surface area contributed by atoms with Gasteiger partial charge in [-0.1, -0.05) is 26.7 Å². The molecule has 0 bridgehead atoms. The molecule has 3 N–H and O–H groups in total. The molecule has 0 rings (SSSR count). The summed E-state index contributed by atoms with van der Waals surface area (Å²) in [4.78, 5) is 0. The SMILES string of the molecule is CCC(CC)C(N)CCO. The van der Waals surface area contributed by atoms with E-state index in [2.05, 4.69) is 13.8 Å². The van der Waals surface area contributed by atoms with Gasteiger partial charge in [0.2, 0.25) is 0 Å². The quantitative estimate of drug-likeness (QED) is 0.609. The van der Waals surface area contributed by atoms with Gasteiger partial charge >= 0.3 is 0 Å². The topological polar surface area (TPSA) is 46.2 Å². The molecule has 0 aromatic heterocycles. The van der Waals surface area contributed by atoms with Crippen molar-refractivity contribution in [3.63, 3.8) is 0 Å². The van der Waals surface area contributed by atoms with E-state index >= 15 is 0 Å². The summed E-state index contributed by atoms with van der Waals surface area (Å²) in [5.74, 6) is 0.590. The van der Waals surface area contributed by atoms with Crippen molar-refractivity contribution in [1.82, 2.24) is 0 Å². The van der Waals surface area contributed by atoms with Gasteiger partial charge in [-0.2, -0.15) is 0 Å². The normalized spacial score (nSPS) is 14.1. The zero-order valence-electron chi connectivity index (χ0n) is 7.01. The number of aliphatic hydroxyl groups excluding tert-OH is 1. The van der Waals surface area contributed by atoms with Crippen molar-refractivity contribution >= 4 is 0 Å². The van der Waals surface area contributed by atoms with Crippen LogP contribution in [-0.4, -0.2) is 17.8 Å². The molecule has 0 aliphatic heterocycles. The van der Waals surface area contributed by atoms with Gasteiger partial charge in [-0.05, 0) is 12.3 Å². The van der Waals surface area contributed by atoms with Crippen LogP contribution in [0.1, 0.15) is 33.1 Å². The Balaban J connectivity index is 3.53. The van der Waals surface area contributed by atoms with Gasteiger partial charge in [0, 0.05) is 12.6 Å². The lowest BCUT2D eigenvalue weighted by molar-refractivity contribution is 0.250. The molecular formula is C8H19NO. The lowest BCUT2D eigenvalue weighted by Crippen LogP contribution is -2.30. The number of aliphatic hydroxyl groups is 1.